The molecule has 3 bridgehead atoms. The number of aromatic nitrogens is 1. The molecule has 6 rings (SSSR count). The number of nitrogens with one attached hydrogen (secondary N) is 1. The second-order valence-corrected chi connectivity index (χ2v) is 13.9. The van der Waals surface area contributed by atoms with Crippen LogP contribution in [0.15, 0.2) is 17.2 Å². The number of aliphatic carboxylic acids is 1. The number of alkyl halides is 2. The summed E-state index contributed by atoms with van der Waals surface area (Å²) >= 11 is 1.69. The summed E-state index contributed by atoms with van der Waals surface area (Å²) < 4.78 is 31.8. The van der Waals surface area contributed by atoms with E-state index in [1.54, 1.807) is 11.8 Å². The molecule has 2 heterocycles. The Morgan fingerprint density at radius 1 is 1.15 bits per heavy atom. The van der Waals surface area contributed by atoms with E-state index in [9.17, 15) is 23.5 Å². The van der Waals surface area contributed by atoms with Crippen LogP contribution in [0.2, 0.25) is 0 Å². The Balaban J connectivity index is 1.20. The minimum atomic E-state index is -2.76. The van der Waals surface area contributed by atoms with Gasteiger partial charge >= 0.3 is 12.6 Å². The highest BCUT2D eigenvalue weighted by Gasteiger charge is 2.56. The van der Waals surface area contributed by atoms with E-state index in [0.717, 1.165) is 55.9 Å². The number of carbonyl (C=O) groups is 2. The molecule has 4 unspecified atom stereocenters. The largest absolute Gasteiger partial charge is 0.481 e. The molecule has 0 spiro atoms. The molecule has 6 atom stereocenters. The Kier molecular flexibility index (Phi) is 7.79. The fraction of sp³-hybridized carbons (Fsp3) is 0.759. The number of amides is 1. The van der Waals surface area contributed by atoms with Crippen molar-refractivity contribution in [1.29, 1.82) is 0 Å². The number of ether oxygens (including phenoxy) is 1. The number of thioether (sulfide) groups is 1. The fourth-order valence-corrected chi connectivity index (χ4v) is 9.66. The van der Waals surface area contributed by atoms with Crippen molar-refractivity contribution in [3.05, 3.63) is 17.7 Å². The maximum atomic E-state index is 13.8. The van der Waals surface area contributed by atoms with Crippen molar-refractivity contribution in [2.24, 2.45) is 23.7 Å². The van der Waals surface area contributed by atoms with E-state index in [2.05, 4.69) is 10.2 Å². The van der Waals surface area contributed by atoms with Crippen molar-refractivity contribution < 1.29 is 28.2 Å². The standard InChI is InChI=1S/C29H39F2N3O4S/c30-28(31)38-29-13-17-5-7-23(22(15-29)19(11-17)14-29)32-26(37)21-6-8-24(33-27(21)39-20-3-1-2-4-20)34-10-9-18(16-34)12-25(35)36/h6,8,17-20,22-23,28H,1-5,7,9-16H2,(H,32,37)(H,35,36)/t17?,18-,19?,22?,23?,29-/m0/s1. The van der Waals surface area contributed by atoms with Gasteiger partial charge in [-0.05, 0) is 93.6 Å². The maximum Gasteiger partial charge on any atom is 0.345 e. The number of carboxylic acid groups (broad SMARTS) is 1. The van der Waals surface area contributed by atoms with Crippen LogP contribution in [-0.2, 0) is 9.53 Å². The Morgan fingerprint density at radius 2 is 1.97 bits per heavy atom. The molecule has 39 heavy (non-hydrogen) atoms. The third-order valence-corrected chi connectivity index (χ3v) is 11.3. The lowest BCUT2D eigenvalue weighted by Crippen LogP contribution is -2.43. The van der Waals surface area contributed by atoms with Gasteiger partial charge in [0, 0.05) is 30.8 Å². The highest BCUT2D eigenvalue weighted by atomic mass is 32.2. The van der Waals surface area contributed by atoms with E-state index >= 15 is 0 Å². The number of hydrogen-bond donors (Lipinski definition) is 2. The zero-order valence-corrected chi connectivity index (χ0v) is 23.1. The SMILES string of the molecule is O=C(O)C[C@@H]1CCN(c2ccc(C(=O)NC3CCC4CC5C[C@@](OC(F)F)(C4)CC53)c(SC3CCCC3)n2)C1. The van der Waals surface area contributed by atoms with Crippen molar-refractivity contribution in [2.75, 3.05) is 18.0 Å². The number of pyridine rings is 1. The molecule has 214 valence electrons. The summed E-state index contributed by atoms with van der Waals surface area (Å²) in [6.07, 6.45) is 10.4. The second-order valence-electron chi connectivity index (χ2n) is 12.6. The first-order chi connectivity index (χ1) is 18.8. The molecule has 1 amide bonds. The first-order valence-corrected chi connectivity index (χ1v) is 15.6. The van der Waals surface area contributed by atoms with E-state index in [-0.39, 0.29) is 30.2 Å². The average molecular weight is 564 g/mol. The van der Waals surface area contributed by atoms with E-state index in [0.29, 0.717) is 48.5 Å². The third kappa shape index (κ3) is 5.92. The Bertz CT molecular complexity index is 1090. The summed E-state index contributed by atoms with van der Waals surface area (Å²) in [5.41, 5.74) is -0.157. The molecule has 1 aromatic heterocycles. The van der Waals surface area contributed by atoms with Crippen LogP contribution in [0.3, 0.4) is 0 Å². The number of anilines is 1. The van der Waals surface area contributed by atoms with Gasteiger partial charge < -0.3 is 20.1 Å². The normalized spacial score (nSPS) is 34.1. The quantitative estimate of drug-likeness (QED) is 0.397. The van der Waals surface area contributed by atoms with Crippen LogP contribution in [0.1, 0.15) is 87.4 Å². The molecule has 0 radical (unpaired) electrons. The van der Waals surface area contributed by atoms with Gasteiger partial charge in [0.1, 0.15) is 10.8 Å². The topological polar surface area (TPSA) is 91.8 Å². The number of halogens is 2. The maximum absolute atomic E-state index is 13.8. The number of fused-ring (bicyclic) bond motifs is 2. The van der Waals surface area contributed by atoms with E-state index < -0.39 is 18.2 Å². The summed E-state index contributed by atoms with van der Waals surface area (Å²) in [5, 5.41) is 13.7. The van der Waals surface area contributed by atoms with Crippen LogP contribution in [0, 0.1) is 23.7 Å². The summed E-state index contributed by atoms with van der Waals surface area (Å²) in [7, 11) is 0. The molecule has 1 aromatic rings. The molecule has 4 aliphatic carbocycles. The molecule has 5 fully saturated rings. The van der Waals surface area contributed by atoms with Gasteiger partial charge in [-0.15, -0.1) is 11.8 Å². The van der Waals surface area contributed by atoms with E-state index in [1.165, 1.54) is 12.8 Å². The van der Waals surface area contributed by atoms with Crippen LogP contribution in [-0.4, -0.2) is 58.6 Å². The van der Waals surface area contributed by atoms with Crippen LogP contribution in [0.25, 0.3) is 0 Å². The summed E-state index contributed by atoms with van der Waals surface area (Å²) in [4.78, 5) is 32.1. The van der Waals surface area contributed by atoms with E-state index in [1.807, 2.05) is 12.1 Å². The molecule has 2 N–H and O–H groups in total. The van der Waals surface area contributed by atoms with Gasteiger partial charge in [0.25, 0.3) is 5.91 Å². The molecule has 1 aliphatic heterocycles. The Hall–Kier alpha value is -1.94. The number of rotatable bonds is 9. The van der Waals surface area contributed by atoms with Gasteiger partial charge in [-0.25, -0.2) is 4.98 Å². The van der Waals surface area contributed by atoms with Crippen molar-refractivity contribution in [1.82, 2.24) is 10.3 Å². The van der Waals surface area contributed by atoms with Gasteiger partial charge in [0.15, 0.2) is 0 Å². The second kappa shape index (κ2) is 11.1. The van der Waals surface area contributed by atoms with Crippen molar-refractivity contribution in [3.8, 4) is 0 Å². The van der Waals surface area contributed by atoms with Crippen molar-refractivity contribution >= 4 is 29.5 Å². The predicted octanol–water partition coefficient (Wildman–Crippen LogP) is 5.72. The molecular weight excluding hydrogens is 524 g/mol. The molecule has 10 heteroatoms. The average Bonchev–Trinajstić information content (AvgIpc) is 3.59. The number of carbonyl (C=O) groups excluding carboxylic acids is 1. The zero-order valence-electron chi connectivity index (χ0n) is 22.3. The zero-order chi connectivity index (χ0) is 27.1. The lowest BCUT2D eigenvalue weighted by molar-refractivity contribution is -0.219. The van der Waals surface area contributed by atoms with E-state index in [4.69, 9.17) is 9.72 Å². The molecule has 5 aliphatic rings. The summed E-state index contributed by atoms with van der Waals surface area (Å²) in [6.45, 7) is -1.34. The van der Waals surface area contributed by atoms with Crippen LogP contribution in [0.5, 0.6) is 0 Å². The lowest BCUT2D eigenvalue weighted by atomic mass is 9.77. The monoisotopic (exact) mass is 563 g/mol. The highest BCUT2D eigenvalue weighted by molar-refractivity contribution is 7.99. The fourth-order valence-electron chi connectivity index (χ4n) is 8.34. The van der Waals surface area contributed by atoms with Crippen molar-refractivity contribution in [3.63, 3.8) is 0 Å². The number of hydrogen-bond acceptors (Lipinski definition) is 6. The van der Waals surface area contributed by atoms with Crippen molar-refractivity contribution in [2.45, 2.75) is 106 Å². The summed E-state index contributed by atoms with van der Waals surface area (Å²) in [6, 6.07) is 3.72. The molecular formula is C29H39F2N3O4S. The highest BCUT2D eigenvalue weighted by Crippen LogP contribution is 2.57. The molecule has 7 nitrogen and oxygen atoms in total. The first kappa shape index (κ1) is 27.2. The third-order valence-electron chi connectivity index (χ3n) is 9.95. The van der Waals surface area contributed by atoms with Gasteiger partial charge in [-0.3, -0.25) is 9.59 Å². The number of carboxylic acids is 1. The Morgan fingerprint density at radius 3 is 2.74 bits per heavy atom. The molecule has 0 aromatic carbocycles. The molecule has 1 saturated heterocycles. The summed E-state index contributed by atoms with van der Waals surface area (Å²) in [5.74, 6) is 0.870. The van der Waals surface area contributed by atoms with Gasteiger partial charge in [-0.2, -0.15) is 8.78 Å². The minimum Gasteiger partial charge on any atom is -0.481 e. The number of nitrogens with zero attached hydrogens (tertiary/aromatic N) is 2. The predicted molar refractivity (Wildman–Crippen MR) is 144 cm³/mol. The lowest BCUT2D eigenvalue weighted by Gasteiger charge is -2.37. The van der Waals surface area contributed by atoms with Crippen LogP contribution >= 0.6 is 11.8 Å². The smallest absolute Gasteiger partial charge is 0.345 e. The first-order valence-electron chi connectivity index (χ1n) is 14.7. The van der Waals surface area contributed by atoms with Gasteiger partial charge in [0.2, 0.25) is 0 Å². The van der Waals surface area contributed by atoms with Crippen LogP contribution < -0.4 is 10.2 Å². The Labute approximate surface area is 232 Å². The minimum absolute atomic E-state index is 0.0460. The van der Waals surface area contributed by atoms with Gasteiger partial charge in [-0.1, -0.05) is 12.8 Å². The van der Waals surface area contributed by atoms with Gasteiger partial charge in [0.05, 0.1) is 11.2 Å². The molecule has 4 saturated carbocycles. The van der Waals surface area contributed by atoms with Crippen LogP contribution in [0.4, 0.5) is 14.6 Å².